The summed E-state index contributed by atoms with van der Waals surface area (Å²) in [4.78, 5) is 37.8. The van der Waals surface area contributed by atoms with Crippen LogP contribution in [0.1, 0.15) is 29.6 Å². The van der Waals surface area contributed by atoms with Crippen LogP contribution >= 0.6 is 11.6 Å². The van der Waals surface area contributed by atoms with Crippen LogP contribution in [-0.4, -0.2) is 37.5 Å². The normalized spacial score (nSPS) is 13.8. The lowest BCUT2D eigenvalue weighted by atomic mass is 10.1. The van der Waals surface area contributed by atoms with Crippen molar-refractivity contribution in [2.45, 2.75) is 25.9 Å². The molecule has 1 saturated heterocycles. The number of anilines is 2. The third-order valence-electron chi connectivity index (χ3n) is 4.50. The Morgan fingerprint density at radius 1 is 1.13 bits per heavy atom. The van der Waals surface area contributed by atoms with Crippen LogP contribution in [-0.2, 0) is 14.3 Å². The lowest BCUT2D eigenvalue weighted by Gasteiger charge is -2.26. The fourth-order valence-corrected chi connectivity index (χ4v) is 3.26. The molecular formula is C21H19ClF2N2O5. The molecule has 31 heavy (non-hydrogen) atoms. The van der Waals surface area contributed by atoms with Crippen molar-refractivity contribution in [1.82, 2.24) is 0 Å². The first-order chi connectivity index (χ1) is 14.8. The van der Waals surface area contributed by atoms with Crippen LogP contribution in [0.4, 0.5) is 20.2 Å². The highest BCUT2D eigenvalue weighted by atomic mass is 35.5. The van der Waals surface area contributed by atoms with Gasteiger partial charge < -0.3 is 19.7 Å². The van der Waals surface area contributed by atoms with Crippen molar-refractivity contribution in [2.24, 2.45) is 0 Å². The van der Waals surface area contributed by atoms with Gasteiger partial charge in [0.15, 0.2) is 6.61 Å². The molecule has 1 aliphatic heterocycles. The third kappa shape index (κ3) is 6.14. The lowest BCUT2D eigenvalue weighted by molar-refractivity contribution is -0.120. The summed E-state index contributed by atoms with van der Waals surface area (Å²) in [6.07, 6.45) is 2.31. The summed E-state index contributed by atoms with van der Waals surface area (Å²) in [5, 5.41) is 2.33. The minimum absolute atomic E-state index is 0.0483. The summed E-state index contributed by atoms with van der Waals surface area (Å²) in [6.45, 7) is -2.94. The van der Waals surface area contributed by atoms with E-state index < -0.39 is 25.1 Å². The number of carbonyl (C=O) groups excluding carboxylic acids is 3. The highest BCUT2D eigenvalue weighted by Crippen LogP contribution is 2.29. The van der Waals surface area contributed by atoms with Crippen molar-refractivity contribution in [3.63, 3.8) is 0 Å². The monoisotopic (exact) mass is 452 g/mol. The van der Waals surface area contributed by atoms with Gasteiger partial charge in [-0.15, -0.1) is 0 Å². The van der Waals surface area contributed by atoms with Gasteiger partial charge in [-0.2, -0.15) is 8.78 Å². The number of halogens is 3. The fourth-order valence-electron chi connectivity index (χ4n) is 3.04. The highest BCUT2D eigenvalue weighted by Gasteiger charge is 2.20. The van der Waals surface area contributed by atoms with Gasteiger partial charge in [-0.3, -0.25) is 9.59 Å². The van der Waals surface area contributed by atoms with Gasteiger partial charge >= 0.3 is 12.6 Å². The molecule has 0 spiro atoms. The van der Waals surface area contributed by atoms with E-state index in [1.165, 1.54) is 30.3 Å². The number of nitrogens with one attached hydrogen (secondary N) is 1. The Kier molecular flexibility index (Phi) is 7.41. The molecule has 1 heterocycles. The lowest BCUT2D eigenvalue weighted by Crippen LogP contribution is -2.35. The van der Waals surface area contributed by atoms with Gasteiger partial charge in [-0.25, -0.2) is 4.79 Å². The molecule has 1 fully saturated rings. The van der Waals surface area contributed by atoms with Crippen LogP contribution in [0.25, 0.3) is 0 Å². The Morgan fingerprint density at radius 2 is 1.87 bits per heavy atom. The fraction of sp³-hybridized carbons (Fsp3) is 0.286. The van der Waals surface area contributed by atoms with Crippen molar-refractivity contribution >= 4 is 40.8 Å². The van der Waals surface area contributed by atoms with Gasteiger partial charge in [0.05, 0.1) is 10.6 Å². The Morgan fingerprint density at radius 3 is 2.52 bits per heavy atom. The molecule has 0 aromatic heterocycles. The van der Waals surface area contributed by atoms with Crippen LogP contribution in [0.2, 0.25) is 5.02 Å². The van der Waals surface area contributed by atoms with Gasteiger partial charge in [0, 0.05) is 24.3 Å². The van der Waals surface area contributed by atoms with E-state index in [2.05, 4.69) is 10.1 Å². The minimum atomic E-state index is -3.02. The number of amides is 2. The van der Waals surface area contributed by atoms with Gasteiger partial charge in [0.2, 0.25) is 5.91 Å². The minimum Gasteiger partial charge on any atom is -0.452 e. The predicted molar refractivity (Wildman–Crippen MR) is 110 cm³/mol. The number of alkyl halides is 2. The summed E-state index contributed by atoms with van der Waals surface area (Å²) >= 11 is 5.82. The number of benzene rings is 2. The number of hydrogen-bond donors (Lipinski definition) is 1. The van der Waals surface area contributed by atoms with E-state index in [0.717, 1.165) is 12.8 Å². The summed E-state index contributed by atoms with van der Waals surface area (Å²) < 4.78 is 33.7. The molecule has 0 aliphatic carbocycles. The van der Waals surface area contributed by atoms with E-state index in [-0.39, 0.29) is 27.9 Å². The molecule has 1 N–H and O–H groups in total. The first kappa shape index (κ1) is 22.5. The van der Waals surface area contributed by atoms with Crippen molar-refractivity contribution in [3.8, 4) is 5.75 Å². The second-order valence-electron chi connectivity index (χ2n) is 6.70. The molecule has 0 saturated carbocycles. The quantitative estimate of drug-likeness (QED) is 0.635. The van der Waals surface area contributed by atoms with Crippen LogP contribution < -0.4 is 15.0 Å². The van der Waals surface area contributed by atoms with Gasteiger partial charge in [-0.05, 0) is 55.3 Å². The van der Waals surface area contributed by atoms with E-state index in [4.69, 9.17) is 16.3 Å². The number of carbonyl (C=O) groups is 3. The summed E-state index contributed by atoms with van der Waals surface area (Å²) in [5.41, 5.74) is 1.16. The maximum atomic E-state index is 12.2. The Balaban J connectivity index is 1.51. The molecule has 0 atom stereocenters. The molecule has 2 aromatic carbocycles. The average molecular weight is 453 g/mol. The molecule has 7 nitrogen and oxygen atoms in total. The first-order valence-corrected chi connectivity index (χ1v) is 9.83. The number of hydrogen-bond acceptors (Lipinski definition) is 5. The first-order valence-electron chi connectivity index (χ1n) is 9.45. The predicted octanol–water partition coefficient (Wildman–Crippen LogP) is 4.25. The number of piperidine rings is 1. The molecule has 2 amide bonds. The van der Waals surface area contributed by atoms with E-state index in [9.17, 15) is 23.2 Å². The van der Waals surface area contributed by atoms with E-state index in [1.54, 1.807) is 17.0 Å². The zero-order chi connectivity index (χ0) is 22.4. The topological polar surface area (TPSA) is 84.9 Å². The van der Waals surface area contributed by atoms with E-state index >= 15 is 0 Å². The van der Waals surface area contributed by atoms with E-state index in [1.807, 2.05) is 0 Å². The standard InChI is InChI=1S/C21H19ClF2N2O5/c22-16-11-14(6-9-17(16)31-21(23)24)25-18(27)12-30-20(29)13-4-7-15(8-5-13)26-10-2-1-3-19(26)28/h4-9,11,21H,1-3,10,12H2,(H,25,27). The van der Waals surface area contributed by atoms with Crippen LogP contribution in [0.5, 0.6) is 5.75 Å². The maximum Gasteiger partial charge on any atom is 0.387 e. The molecule has 1 aliphatic rings. The Hall–Kier alpha value is -3.20. The molecule has 10 heteroatoms. The second-order valence-corrected chi connectivity index (χ2v) is 7.10. The largest absolute Gasteiger partial charge is 0.452 e. The van der Waals surface area contributed by atoms with Gasteiger partial charge in [0.1, 0.15) is 5.75 Å². The number of nitrogens with zero attached hydrogens (tertiary/aromatic N) is 1. The zero-order valence-corrected chi connectivity index (χ0v) is 17.0. The Bertz CT molecular complexity index is 969. The SMILES string of the molecule is O=C(COC(=O)c1ccc(N2CCCCC2=O)cc1)Nc1ccc(OC(F)F)c(Cl)c1. The van der Waals surface area contributed by atoms with Gasteiger partial charge in [-0.1, -0.05) is 11.6 Å². The molecule has 0 radical (unpaired) electrons. The van der Waals surface area contributed by atoms with E-state index in [0.29, 0.717) is 18.7 Å². The molecule has 0 unspecified atom stereocenters. The van der Waals surface area contributed by atoms with Gasteiger partial charge in [0.25, 0.3) is 5.91 Å². The molecule has 164 valence electrons. The summed E-state index contributed by atoms with van der Waals surface area (Å²) in [6, 6.07) is 10.1. The molecule has 2 aromatic rings. The molecule has 0 bridgehead atoms. The van der Waals surface area contributed by atoms with Crippen molar-refractivity contribution in [3.05, 3.63) is 53.1 Å². The third-order valence-corrected chi connectivity index (χ3v) is 4.80. The van der Waals surface area contributed by atoms with Crippen LogP contribution in [0.15, 0.2) is 42.5 Å². The number of rotatable bonds is 7. The highest BCUT2D eigenvalue weighted by molar-refractivity contribution is 6.32. The van der Waals surface area contributed by atoms with Crippen LogP contribution in [0.3, 0.4) is 0 Å². The second kappa shape index (κ2) is 10.2. The summed E-state index contributed by atoms with van der Waals surface area (Å²) in [5.74, 6) is -1.52. The maximum absolute atomic E-state index is 12.2. The number of esters is 1. The molecule has 3 rings (SSSR count). The Labute approximate surface area is 181 Å². The summed E-state index contributed by atoms with van der Waals surface area (Å²) in [7, 11) is 0. The van der Waals surface area contributed by atoms with Crippen LogP contribution in [0, 0.1) is 0 Å². The van der Waals surface area contributed by atoms with Crippen molar-refractivity contribution in [2.75, 3.05) is 23.4 Å². The number of ether oxygens (including phenoxy) is 2. The smallest absolute Gasteiger partial charge is 0.387 e. The zero-order valence-electron chi connectivity index (χ0n) is 16.3. The van der Waals surface area contributed by atoms with Crippen molar-refractivity contribution < 1.29 is 32.6 Å². The molecular weight excluding hydrogens is 434 g/mol. The van der Waals surface area contributed by atoms with Crippen molar-refractivity contribution in [1.29, 1.82) is 0 Å². The average Bonchev–Trinajstić information content (AvgIpc) is 2.74.